The molecule has 1 aromatic carbocycles. The van der Waals surface area contributed by atoms with Crippen molar-refractivity contribution in [3.05, 3.63) is 85.5 Å². The van der Waals surface area contributed by atoms with Gasteiger partial charge in [0.15, 0.2) is 24.8 Å². The number of esters is 3. The summed E-state index contributed by atoms with van der Waals surface area (Å²) in [6.07, 6.45) is -2.74. The molecule has 4 rings (SSSR count). The van der Waals surface area contributed by atoms with E-state index in [1.54, 1.807) is 80.5 Å². The lowest BCUT2D eigenvalue weighted by molar-refractivity contribution is -0.333. The van der Waals surface area contributed by atoms with Gasteiger partial charge in [-0.15, -0.1) is 0 Å². The van der Waals surface area contributed by atoms with Crippen LogP contribution in [0.3, 0.4) is 0 Å². The Morgan fingerprint density at radius 2 is 1.58 bits per heavy atom. The molecule has 1 aromatic rings. The molecule has 3 heterocycles. The number of benzene rings is 1. The van der Waals surface area contributed by atoms with Crippen molar-refractivity contribution in [1.82, 2.24) is 0 Å². The first-order valence-electron chi connectivity index (χ1n) is 24.4. The maximum Gasteiger partial charge on any atom is 0.342 e. The molecule has 14 atom stereocenters. The lowest BCUT2D eigenvalue weighted by atomic mass is 9.88. The Morgan fingerprint density at radius 1 is 0.915 bits per heavy atom. The van der Waals surface area contributed by atoms with Gasteiger partial charge in [-0.3, -0.25) is 4.79 Å². The molecule has 3 aliphatic rings. The van der Waals surface area contributed by atoms with Crippen LogP contribution in [0.1, 0.15) is 124 Å². The van der Waals surface area contributed by atoms with Crippen LogP contribution in [0.25, 0.3) is 0 Å². The van der Waals surface area contributed by atoms with E-state index in [4.69, 9.17) is 56.4 Å². The van der Waals surface area contributed by atoms with Crippen LogP contribution in [0, 0.1) is 24.7 Å². The summed E-state index contributed by atoms with van der Waals surface area (Å²) in [7, 11) is 0. The van der Waals surface area contributed by atoms with E-state index in [-0.39, 0.29) is 53.0 Å². The number of allylic oxidation sites excluding steroid dienone is 4. The van der Waals surface area contributed by atoms with Crippen molar-refractivity contribution in [2.75, 3.05) is 6.61 Å². The van der Waals surface area contributed by atoms with Crippen molar-refractivity contribution in [2.45, 2.75) is 195 Å². The predicted molar refractivity (Wildman–Crippen MR) is 267 cm³/mol. The van der Waals surface area contributed by atoms with Crippen LogP contribution in [0.5, 0.6) is 5.75 Å². The highest BCUT2D eigenvalue weighted by Gasteiger charge is 2.52. The Kier molecular flexibility index (Phi) is 22.0. The number of ether oxygens (including phenoxy) is 7. The smallest absolute Gasteiger partial charge is 0.342 e. The quantitative estimate of drug-likeness (QED) is 0.0677. The molecule has 71 heavy (non-hydrogen) atoms. The number of aliphatic hydroxyl groups excluding tert-OH is 5. The molecule has 0 saturated carbocycles. The molecule has 0 aromatic heterocycles. The van der Waals surface area contributed by atoms with Crippen LogP contribution in [-0.2, 0) is 49.2 Å². The van der Waals surface area contributed by atoms with Gasteiger partial charge in [0.2, 0.25) is 0 Å². The zero-order chi connectivity index (χ0) is 53.4. The first-order valence-corrected chi connectivity index (χ1v) is 25.1. The van der Waals surface area contributed by atoms with Gasteiger partial charge in [-0.25, -0.2) is 9.59 Å². The van der Waals surface area contributed by atoms with E-state index in [1.165, 1.54) is 13.0 Å². The zero-order valence-corrected chi connectivity index (χ0v) is 44.7. The Balaban J connectivity index is 1.62. The zero-order valence-electron chi connectivity index (χ0n) is 43.2. The Hall–Kier alpha value is -3.65. The number of carbonyl (C=O) groups is 3. The Morgan fingerprint density at radius 3 is 2.18 bits per heavy atom. The second kappa shape index (κ2) is 26.0. The molecule has 0 aliphatic carbocycles. The van der Waals surface area contributed by atoms with Crippen LogP contribution in [-0.4, -0.2) is 134 Å². The molecule has 398 valence electrons. The molecule has 2 saturated heterocycles. The van der Waals surface area contributed by atoms with Crippen LogP contribution in [0.15, 0.2) is 58.7 Å². The standard InChI is InChI=1S/C53H76Cl2O16/c1-14-33-23-27(6)36(57)19-17-16-18-34(24-65-51-30(9)41(58)45(32(11)66-51)68-50(64)38-35(15-2)39(54)29(8)40(55)42(38)59)49(63)67-37(31(10)56)21-20-26(5)22-28(7)44(33)70-52-46(69-48(62)25(3)4)43(60)47(61)53(12,13)71-52/h16-18,20,22-23,25,30-33,36-37,41,43-47,51-52,56-61H,14-15,19,21,24H2,1-13H3/b17-16+,26-20+,27-23+,28-22+,34-18+. The van der Waals surface area contributed by atoms with Crippen molar-refractivity contribution < 1.29 is 78.2 Å². The van der Waals surface area contributed by atoms with Gasteiger partial charge in [0.05, 0.1) is 53.1 Å². The van der Waals surface area contributed by atoms with E-state index in [9.17, 15) is 45.0 Å². The highest BCUT2D eigenvalue weighted by Crippen LogP contribution is 2.41. The van der Waals surface area contributed by atoms with Gasteiger partial charge in [-0.05, 0) is 103 Å². The number of phenolic OH excluding ortho intramolecular Hbond substituents is 1. The summed E-state index contributed by atoms with van der Waals surface area (Å²) in [5.74, 6) is -4.58. The molecule has 16 nitrogen and oxygen atoms in total. The van der Waals surface area contributed by atoms with Crippen molar-refractivity contribution in [2.24, 2.45) is 17.8 Å². The summed E-state index contributed by atoms with van der Waals surface area (Å²) in [4.78, 5) is 40.3. The lowest BCUT2D eigenvalue weighted by Crippen LogP contribution is -2.64. The molecule has 0 bridgehead atoms. The van der Waals surface area contributed by atoms with Crippen molar-refractivity contribution >= 4 is 41.1 Å². The summed E-state index contributed by atoms with van der Waals surface area (Å²) in [5.41, 5.74) is 1.30. The number of carbonyl (C=O) groups excluding carboxylic acids is 3. The van der Waals surface area contributed by atoms with Crippen molar-refractivity contribution in [1.29, 1.82) is 0 Å². The lowest BCUT2D eigenvalue weighted by Gasteiger charge is -2.47. The summed E-state index contributed by atoms with van der Waals surface area (Å²) < 4.78 is 42.5. The van der Waals surface area contributed by atoms with Gasteiger partial charge in [0.1, 0.15) is 35.7 Å². The second-order valence-electron chi connectivity index (χ2n) is 19.8. The first kappa shape index (κ1) is 59.9. The van der Waals surface area contributed by atoms with Gasteiger partial charge in [-0.1, -0.05) is 93.8 Å². The normalized spacial score (nSPS) is 35.2. The van der Waals surface area contributed by atoms with Gasteiger partial charge in [-0.2, -0.15) is 0 Å². The van der Waals surface area contributed by atoms with E-state index >= 15 is 0 Å². The van der Waals surface area contributed by atoms with Crippen LogP contribution < -0.4 is 0 Å². The largest absolute Gasteiger partial charge is 0.505 e. The second-order valence-corrected chi connectivity index (χ2v) is 20.6. The van der Waals surface area contributed by atoms with Gasteiger partial charge < -0.3 is 63.8 Å². The molecule has 0 amide bonds. The van der Waals surface area contributed by atoms with Crippen LogP contribution in [0.4, 0.5) is 0 Å². The topological polar surface area (TPSA) is 237 Å². The van der Waals surface area contributed by atoms with Crippen LogP contribution >= 0.6 is 23.2 Å². The van der Waals surface area contributed by atoms with Gasteiger partial charge in [0, 0.05) is 23.3 Å². The summed E-state index contributed by atoms with van der Waals surface area (Å²) >= 11 is 12.8. The fourth-order valence-corrected chi connectivity index (χ4v) is 9.20. The number of halogens is 2. The number of phenols is 1. The molecule has 6 N–H and O–H groups in total. The van der Waals surface area contributed by atoms with E-state index in [0.717, 1.165) is 0 Å². The number of hydrogen-bond donors (Lipinski definition) is 6. The minimum absolute atomic E-state index is 0.0302. The average molecular weight is 1040 g/mol. The third kappa shape index (κ3) is 14.8. The number of aromatic hydroxyl groups is 1. The van der Waals surface area contributed by atoms with E-state index in [0.29, 0.717) is 34.3 Å². The summed E-state index contributed by atoms with van der Waals surface area (Å²) in [6.45, 7) is 21.6. The number of rotatable bonds is 12. The SMILES string of the molecule is CCc1c(Cl)c(C)c(Cl)c(O)c1C(=O)OC1C(C)OC(OC/C2=C\C=C\CC(O)/C(C)=C/C(CC)C(OC3OC(C)(C)C(O)C(O)C3OC(=O)C(C)C)/C(C)=C/C(C)=C/CC(C(C)O)OC2=O)C(C)C1O. The Labute approximate surface area is 428 Å². The molecule has 18 heteroatoms. The molecule has 2 fully saturated rings. The van der Waals surface area contributed by atoms with Crippen molar-refractivity contribution in [3.63, 3.8) is 0 Å². The third-order valence-electron chi connectivity index (χ3n) is 13.3. The number of aliphatic hydroxyl groups is 5. The summed E-state index contributed by atoms with van der Waals surface area (Å²) in [5, 5.41) is 66.9. The fraction of sp³-hybridized carbons (Fsp3) is 0.642. The average Bonchev–Trinajstić information content (AvgIpc) is 3.31. The third-order valence-corrected chi connectivity index (χ3v) is 14.3. The molecule has 3 aliphatic heterocycles. The molecule has 0 spiro atoms. The minimum atomic E-state index is -1.53. The maximum atomic E-state index is 13.9. The molecule has 0 radical (unpaired) electrons. The molecule has 14 unspecified atom stereocenters. The minimum Gasteiger partial charge on any atom is -0.505 e. The van der Waals surface area contributed by atoms with Gasteiger partial charge in [0.25, 0.3) is 0 Å². The summed E-state index contributed by atoms with van der Waals surface area (Å²) in [6, 6.07) is 0. The predicted octanol–water partition coefficient (Wildman–Crippen LogP) is 7.46. The van der Waals surface area contributed by atoms with Crippen LogP contribution in [0.2, 0.25) is 10.0 Å². The molecular weight excluding hydrogens is 963 g/mol. The molecular formula is C53H76Cl2O16. The highest BCUT2D eigenvalue weighted by molar-refractivity contribution is 6.38. The highest BCUT2D eigenvalue weighted by atomic mass is 35.5. The maximum absolute atomic E-state index is 13.9. The number of hydrogen-bond acceptors (Lipinski definition) is 16. The van der Waals surface area contributed by atoms with E-state index in [2.05, 4.69) is 0 Å². The Bertz CT molecular complexity index is 2190. The monoisotopic (exact) mass is 1040 g/mol. The first-order chi connectivity index (χ1) is 33.2. The van der Waals surface area contributed by atoms with E-state index < -0.39 is 115 Å². The van der Waals surface area contributed by atoms with E-state index in [1.807, 2.05) is 32.9 Å². The van der Waals surface area contributed by atoms with Gasteiger partial charge >= 0.3 is 17.9 Å². The number of cyclic esters (lactones) is 1. The van der Waals surface area contributed by atoms with Crippen molar-refractivity contribution in [3.8, 4) is 5.75 Å². The fourth-order valence-electron chi connectivity index (χ4n) is 8.64.